The number of nitrogens with one attached hydrogen (secondary N) is 2. The van der Waals surface area contributed by atoms with E-state index in [0.29, 0.717) is 0 Å². The van der Waals surface area contributed by atoms with Gasteiger partial charge in [0.15, 0.2) is 5.96 Å². The standard InChI is InChI=1S/C17H28N4OS/c1-18-16(19-12-15-4-11-23-13-15)20-14-17(5-9-22-10-6-17)21-7-2-3-8-21/h4,11,13H,2-3,5-10,12,14H2,1H3,(H2,18,19,20). The van der Waals surface area contributed by atoms with Crippen LogP contribution in [0.5, 0.6) is 0 Å². The summed E-state index contributed by atoms with van der Waals surface area (Å²) in [4.78, 5) is 7.05. The van der Waals surface area contributed by atoms with Crippen molar-refractivity contribution in [3.63, 3.8) is 0 Å². The predicted octanol–water partition coefficient (Wildman–Crippen LogP) is 2.06. The van der Waals surface area contributed by atoms with Crippen LogP contribution >= 0.6 is 11.3 Å². The fourth-order valence-electron chi connectivity index (χ4n) is 3.60. The molecule has 6 heteroatoms. The van der Waals surface area contributed by atoms with Gasteiger partial charge >= 0.3 is 0 Å². The smallest absolute Gasteiger partial charge is 0.191 e. The Labute approximate surface area is 143 Å². The highest BCUT2D eigenvalue weighted by Crippen LogP contribution is 2.30. The summed E-state index contributed by atoms with van der Waals surface area (Å²) in [7, 11) is 1.84. The third-order valence-electron chi connectivity index (χ3n) is 5.05. The average Bonchev–Trinajstić information content (AvgIpc) is 3.30. The van der Waals surface area contributed by atoms with E-state index in [1.807, 2.05) is 7.05 Å². The van der Waals surface area contributed by atoms with Crippen LogP contribution in [0.1, 0.15) is 31.2 Å². The summed E-state index contributed by atoms with van der Waals surface area (Å²) in [6.45, 7) is 5.96. The summed E-state index contributed by atoms with van der Waals surface area (Å²) in [5.41, 5.74) is 1.53. The van der Waals surface area contributed by atoms with Crippen LogP contribution in [0.4, 0.5) is 0 Å². The molecule has 0 radical (unpaired) electrons. The van der Waals surface area contributed by atoms with Gasteiger partial charge in [-0.2, -0.15) is 11.3 Å². The van der Waals surface area contributed by atoms with E-state index in [1.165, 1.54) is 31.5 Å². The Morgan fingerprint density at radius 2 is 2.09 bits per heavy atom. The van der Waals surface area contributed by atoms with Crippen LogP contribution < -0.4 is 10.6 Å². The highest BCUT2D eigenvalue weighted by Gasteiger charge is 2.39. The Hall–Kier alpha value is -1.11. The summed E-state index contributed by atoms with van der Waals surface area (Å²) in [6, 6.07) is 2.15. The normalized spacial score (nSPS) is 22.2. The molecule has 2 N–H and O–H groups in total. The fourth-order valence-corrected chi connectivity index (χ4v) is 4.26. The summed E-state index contributed by atoms with van der Waals surface area (Å²) in [5, 5.41) is 11.3. The zero-order valence-electron chi connectivity index (χ0n) is 14.0. The first-order valence-electron chi connectivity index (χ1n) is 8.61. The molecular formula is C17H28N4OS. The topological polar surface area (TPSA) is 48.9 Å². The maximum atomic E-state index is 5.61. The Bertz CT molecular complexity index is 491. The number of ether oxygens (including phenoxy) is 1. The van der Waals surface area contributed by atoms with Gasteiger partial charge in [0.05, 0.1) is 0 Å². The second kappa shape index (κ2) is 8.13. The molecular weight excluding hydrogens is 308 g/mol. The number of guanidine groups is 1. The zero-order valence-corrected chi connectivity index (χ0v) is 14.8. The molecule has 0 spiro atoms. The molecule has 0 aliphatic carbocycles. The molecule has 0 bridgehead atoms. The number of likely N-dealkylation sites (tertiary alicyclic amines) is 1. The molecule has 2 aliphatic heterocycles. The Morgan fingerprint density at radius 1 is 1.30 bits per heavy atom. The van der Waals surface area contributed by atoms with E-state index in [0.717, 1.165) is 45.1 Å². The van der Waals surface area contributed by atoms with Gasteiger partial charge < -0.3 is 15.4 Å². The van der Waals surface area contributed by atoms with Gasteiger partial charge in [0.2, 0.25) is 0 Å². The van der Waals surface area contributed by atoms with Crippen molar-refractivity contribution in [3.05, 3.63) is 22.4 Å². The molecule has 0 saturated carbocycles. The molecule has 128 valence electrons. The molecule has 3 heterocycles. The van der Waals surface area contributed by atoms with Crippen LogP contribution in [-0.4, -0.2) is 56.3 Å². The molecule has 5 nitrogen and oxygen atoms in total. The van der Waals surface area contributed by atoms with E-state index >= 15 is 0 Å². The van der Waals surface area contributed by atoms with Crippen molar-refractivity contribution in [2.45, 2.75) is 37.8 Å². The van der Waals surface area contributed by atoms with E-state index in [4.69, 9.17) is 4.74 Å². The first kappa shape index (κ1) is 16.7. The van der Waals surface area contributed by atoms with Gasteiger partial charge in [-0.3, -0.25) is 9.89 Å². The van der Waals surface area contributed by atoms with E-state index < -0.39 is 0 Å². The lowest BCUT2D eigenvalue weighted by Gasteiger charge is -2.45. The van der Waals surface area contributed by atoms with Gasteiger partial charge in [0.25, 0.3) is 0 Å². The van der Waals surface area contributed by atoms with Gasteiger partial charge in [-0.05, 0) is 61.2 Å². The lowest BCUT2D eigenvalue weighted by atomic mass is 9.88. The van der Waals surface area contributed by atoms with Crippen molar-refractivity contribution in [1.82, 2.24) is 15.5 Å². The molecule has 2 saturated heterocycles. The van der Waals surface area contributed by atoms with Crippen molar-refractivity contribution in [3.8, 4) is 0 Å². The molecule has 0 amide bonds. The van der Waals surface area contributed by atoms with E-state index in [1.54, 1.807) is 11.3 Å². The van der Waals surface area contributed by atoms with Gasteiger partial charge in [-0.15, -0.1) is 0 Å². The minimum Gasteiger partial charge on any atom is -0.381 e. The van der Waals surface area contributed by atoms with Crippen LogP contribution in [0.3, 0.4) is 0 Å². The van der Waals surface area contributed by atoms with Crippen molar-refractivity contribution < 1.29 is 4.74 Å². The number of hydrogen-bond donors (Lipinski definition) is 2. The maximum absolute atomic E-state index is 5.61. The Kier molecular flexibility index (Phi) is 5.91. The molecule has 1 aromatic heterocycles. The van der Waals surface area contributed by atoms with Crippen molar-refractivity contribution >= 4 is 17.3 Å². The van der Waals surface area contributed by atoms with Crippen molar-refractivity contribution in [2.75, 3.05) is 39.9 Å². The van der Waals surface area contributed by atoms with Crippen LogP contribution in [0.2, 0.25) is 0 Å². The third-order valence-corrected chi connectivity index (χ3v) is 5.78. The summed E-state index contributed by atoms with van der Waals surface area (Å²) >= 11 is 1.73. The summed E-state index contributed by atoms with van der Waals surface area (Å²) in [6.07, 6.45) is 4.88. The largest absolute Gasteiger partial charge is 0.381 e. The molecule has 2 aliphatic rings. The second-order valence-corrected chi connectivity index (χ2v) is 7.22. The average molecular weight is 337 g/mol. The minimum atomic E-state index is 0.231. The molecule has 1 aromatic rings. The van der Waals surface area contributed by atoms with Crippen LogP contribution in [0.15, 0.2) is 21.8 Å². The SMILES string of the molecule is CN=C(NCc1ccsc1)NCC1(N2CCCC2)CCOCC1. The van der Waals surface area contributed by atoms with E-state index in [2.05, 4.69) is 37.4 Å². The predicted molar refractivity (Wildman–Crippen MR) is 96.1 cm³/mol. The van der Waals surface area contributed by atoms with Crippen LogP contribution in [-0.2, 0) is 11.3 Å². The van der Waals surface area contributed by atoms with E-state index in [-0.39, 0.29) is 5.54 Å². The first-order chi connectivity index (χ1) is 11.3. The molecule has 3 rings (SSSR count). The van der Waals surface area contributed by atoms with Crippen molar-refractivity contribution in [1.29, 1.82) is 0 Å². The summed E-state index contributed by atoms with van der Waals surface area (Å²) in [5.74, 6) is 0.890. The minimum absolute atomic E-state index is 0.231. The summed E-state index contributed by atoms with van der Waals surface area (Å²) < 4.78 is 5.61. The van der Waals surface area contributed by atoms with Gasteiger partial charge in [-0.25, -0.2) is 0 Å². The quantitative estimate of drug-likeness (QED) is 0.638. The third kappa shape index (κ3) is 4.25. The lowest BCUT2D eigenvalue weighted by Crippen LogP contribution is -2.58. The highest BCUT2D eigenvalue weighted by molar-refractivity contribution is 7.07. The number of hydrogen-bond acceptors (Lipinski definition) is 4. The Morgan fingerprint density at radius 3 is 2.74 bits per heavy atom. The van der Waals surface area contributed by atoms with Gasteiger partial charge in [0.1, 0.15) is 0 Å². The monoisotopic (exact) mass is 336 g/mol. The molecule has 0 atom stereocenters. The van der Waals surface area contributed by atoms with Crippen LogP contribution in [0, 0.1) is 0 Å². The number of thiophene rings is 1. The number of nitrogens with zero attached hydrogens (tertiary/aromatic N) is 2. The molecule has 0 unspecified atom stereocenters. The molecule has 23 heavy (non-hydrogen) atoms. The first-order valence-corrected chi connectivity index (χ1v) is 9.55. The van der Waals surface area contributed by atoms with Crippen LogP contribution in [0.25, 0.3) is 0 Å². The Balaban J connectivity index is 1.56. The number of aliphatic imine (C=N–C) groups is 1. The fraction of sp³-hybridized carbons (Fsp3) is 0.706. The lowest BCUT2D eigenvalue weighted by molar-refractivity contribution is -0.0164. The molecule has 0 aromatic carbocycles. The maximum Gasteiger partial charge on any atom is 0.191 e. The van der Waals surface area contributed by atoms with Gasteiger partial charge in [-0.1, -0.05) is 0 Å². The highest BCUT2D eigenvalue weighted by atomic mass is 32.1. The second-order valence-electron chi connectivity index (χ2n) is 6.44. The number of rotatable bonds is 5. The molecule has 2 fully saturated rings. The van der Waals surface area contributed by atoms with E-state index in [9.17, 15) is 0 Å². The van der Waals surface area contributed by atoms with Gasteiger partial charge in [0, 0.05) is 38.9 Å². The zero-order chi connectivity index (χ0) is 16.0. The van der Waals surface area contributed by atoms with Crippen molar-refractivity contribution in [2.24, 2.45) is 4.99 Å².